The summed E-state index contributed by atoms with van der Waals surface area (Å²) in [6, 6.07) is 0. The van der Waals surface area contributed by atoms with Gasteiger partial charge in [0.1, 0.15) is 5.78 Å². The van der Waals surface area contributed by atoms with Gasteiger partial charge in [-0.25, -0.2) is 0 Å². The molecule has 0 rings (SSSR count). The van der Waals surface area contributed by atoms with Crippen LogP contribution in [0.1, 0.15) is 34.1 Å². The molecule has 0 aliphatic carbocycles. The van der Waals surface area contributed by atoms with Crippen molar-refractivity contribution in [3.8, 4) is 0 Å². The second kappa shape index (κ2) is 8.21. The summed E-state index contributed by atoms with van der Waals surface area (Å²) in [5.41, 5.74) is -0.785. The number of hydrogen-bond donors (Lipinski definition) is 1. The lowest BCUT2D eigenvalue weighted by Gasteiger charge is -2.34. The minimum atomic E-state index is -3.38. The maximum absolute atomic E-state index is 12.7. The van der Waals surface area contributed by atoms with Crippen molar-refractivity contribution in [2.24, 2.45) is 0 Å². The number of rotatable bonds is 9. The summed E-state index contributed by atoms with van der Waals surface area (Å²) in [5.74, 6) is -0.624. The topological polar surface area (TPSA) is 83.1 Å². The van der Waals surface area contributed by atoms with Crippen LogP contribution in [0.3, 0.4) is 0 Å². The maximum Gasteiger partial charge on any atom is 0.346 e. The van der Waals surface area contributed by atoms with E-state index in [1.54, 1.807) is 6.92 Å². The van der Waals surface area contributed by atoms with E-state index in [2.05, 4.69) is 5.32 Å². The standard InChI is InChI=1S/C12H29NO6P2/c1-10(20(14,16-5)17-6)9-11(13-12(2,3)4)21(15,18-7)19-8/h10-11,13H,9H2,1-8H3. The third-order valence-electron chi connectivity index (χ3n) is 3.10. The van der Waals surface area contributed by atoms with Gasteiger partial charge in [0.15, 0.2) is 0 Å². The third-order valence-corrected chi connectivity index (χ3v) is 7.53. The molecule has 0 fully saturated rings. The Morgan fingerprint density at radius 2 is 1.29 bits per heavy atom. The Hall–Kier alpha value is 0.260. The van der Waals surface area contributed by atoms with Gasteiger partial charge >= 0.3 is 15.2 Å². The molecule has 0 radical (unpaired) electrons. The first kappa shape index (κ1) is 21.3. The third kappa shape index (κ3) is 6.11. The second-order valence-corrected chi connectivity index (χ2v) is 10.9. The van der Waals surface area contributed by atoms with Crippen LogP contribution in [-0.2, 0) is 27.2 Å². The molecular formula is C12H29NO6P2. The molecule has 0 spiro atoms. The highest BCUT2D eigenvalue weighted by Crippen LogP contribution is 2.58. The van der Waals surface area contributed by atoms with Crippen molar-refractivity contribution in [2.75, 3.05) is 28.4 Å². The molecule has 0 saturated carbocycles. The van der Waals surface area contributed by atoms with Gasteiger partial charge in [0, 0.05) is 34.0 Å². The Morgan fingerprint density at radius 3 is 1.57 bits per heavy atom. The molecule has 0 aromatic carbocycles. The molecule has 21 heavy (non-hydrogen) atoms. The minimum absolute atomic E-state index is 0.259. The van der Waals surface area contributed by atoms with Crippen LogP contribution in [-0.4, -0.2) is 45.4 Å². The highest BCUT2D eigenvalue weighted by Gasteiger charge is 2.41. The van der Waals surface area contributed by atoms with Crippen LogP contribution in [0.2, 0.25) is 0 Å². The lowest BCUT2D eigenvalue weighted by Crippen LogP contribution is -2.45. The van der Waals surface area contributed by atoms with Crippen LogP contribution in [0.25, 0.3) is 0 Å². The first-order valence-electron chi connectivity index (χ1n) is 6.68. The molecule has 128 valence electrons. The monoisotopic (exact) mass is 345 g/mol. The van der Waals surface area contributed by atoms with Gasteiger partial charge in [-0.2, -0.15) is 0 Å². The summed E-state index contributed by atoms with van der Waals surface area (Å²) < 4.78 is 45.2. The van der Waals surface area contributed by atoms with Crippen LogP contribution in [0.5, 0.6) is 0 Å². The van der Waals surface area contributed by atoms with Gasteiger partial charge in [0.2, 0.25) is 0 Å². The van der Waals surface area contributed by atoms with Gasteiger partial charge < -0.3 is 18.1 Å². The molecule has 0 heterocycles. The molecule has 0 aromatic rings. The Morgan fingerprint density at radius 1 is 0.905 bits per heavy atom. The van der Waals surface area contributed by atoms with E-state index in [9.17, 15) is 9.13 Å². The lowest BCUT2D eigenvalue weighted by molar-refractivity contribution is 0.237. The Bertz CT molecular complexity index is 393. The lowest BCUT2D eigenvalue weighted by atomic mass is 10.1. The van der Waals surface area contributed by atoms with Gasteiger partial charge in [-0.05, 0) is 27.2 Å². The van der Waals surface area contributed by atoms with Gasteiger partial charge in [-0.3, -0.25) is 14.4 Å². The zero-order chi connectivity index (χ0) is 16.9. The molecule has 7 nitrogen and oxygen atoms in total. The van der Waals surface area contributed by atoms with Crippen LogP contribution < -0.4 is 5.32 Å². The molecule has 0 saturated heterocycles. The van der Waals surface area contributed by atoms with Crippen molar-refractivity contribution in [1.29, 1.82) is 0 Å². The fourth-order valence-corrected chi connectivity index (χ4v) is 5.26. The SMILES string of the molecule is COP(=O)(OC)C(C)CC(NC(C)(C)C)P(=O)(OC)OC. The maximum atomic E-state index is 12.7. The minimum Gasteiger partial charge on any atom is -0.312 e. The largest absolute Gasteiger partial charge is 0.346 e. The summed E-state index contributed by atoms with van der Waals surface area (Å²) in [4.78, 5) is 0. The van der Waals surface area contributed by atoms with Gasteiger partial charge in [0.25, 0.3) is 0 Å². The zero-order valence-electron chi connectivity index (χ0n) is 14.2. The quantitative estimate of drug-likeness (QED) is 0.641. The Balaban J connectivity index is 5.35. The molecule has 0 aliphatic rings. The number of hydrogen-bond acceptors (Lipinski definition) is 7. The second-order valence-electron chi connectivity index (χ2n) is 5.80. The zero-order valence-corrected chi connectivity index (χ0v) is 16.0. The predicted molar refractivity (Wildman–Crippen MR) is 84.0 cm³/mol. The molecule has 0 aromatic heterocycles. The van der Waals surface area contributed by atoms with Crippen molar-refractivity contribution in [2.45, 2.75) is 51.1 Å². The highest BCUT2D eigenvalue weighted by molar-refractivity contribution is 7.55. The summed E-state index contributed by atoms with van der Waals surface area (Å²) in [5, 5.41) is 3.20. The van der Waals surface area contributed by atoms with E-state index in [-0.39, 0.29) is 12.0 Å². The summed E-state index contributed by atoms with van der Waals surface area (Å²) in [7, 11) is -1.30. The number of nitrogens with one attached hydrogen (secondary N) is 1. The van der Waals surface area contributed by atoms with Crippen molar-refractivity contribution in [3.05, 3.63) is 0 Å². The predicted octanol–water partition coefficient (Wildman–Crippen LogP) is 3.45. The van der Waals surface area contributed by atoms with Crippen LogP contribution in [0.4, 0.5) is 0 Å². The van der Waals surface area contributed by atoms with E-state index in [0.29, 0.717) is 0 Å². The van der Waals surface area contributed by atoms with Crippen molar-refractivity contribution in [1.82, 2.24) is 5.32 Å². The van der Waals surface area contributed by atoms with Crippen LogP contribution in [0.15, 0.2) is 0 Å². The van der Waals surface area contributed by atoms with Crippen LogP contribution >= 0.6 is 15.2 Å². The summed E-state index contributed by atoms with van der Waals surface area (Å²) >= 11 is 0. The van der Waals surface area contributed by atoms with Crippen molar-refractivity contribution >= 4 is 15.2 Å². The molecule has 1 N–H and O–H groups in total. The molecule has 0 amide bonds. The molecule has 2 unspecified atom stereocenters. The smallest absolute Gasteiger partial charge is 0.312 e. The Labute approximate surface area is 128 Å². The average Bonchev–Trinajstić information content (AvgIpc) is 2.43. The Kier molecular flexibility index (Phi) is 8.31. The van der Waals surface area contributed by atoms with E-state index in [0.717, 1.165) is 0 Å². The molecule has 0 bridgehead atoms. The van der Waals surface area contributed by atoms with Gasteiger partial charge in [-0.15, -0.1) is 0 Å². The van der Waals surface area contributed by atoms with Crippen molar-refractivity contribution < 1.29 is 27.2 Å². The first-order chi connectivity index (χ1) is 9.48. The first-order valence-corrected chi connectivity index (χ1v) is 9.90. The summed E-state index contributed by atoms with van der Waals surface area (Å²) in [6.45, 7) is 7.53. The van der Waals surface area contributed by atoms with E-state index in [1.165, 1.54) is 28.4 Å². The van der Waals surface area contributed by atoms with E-state index in [4.69, 9.17) is 18.1 Å². The van der Waals surface area contributed by atoms with E-state index < -0.39 is 26.6 Å². The van der Waals surface area contributed by atoms with Crippen LogP contribution in [0, 0.1) is 0 Å². The molecule has 9 heteroatoms. The normalized spacial score (nSPS) is 16.8. The van der Waals surface area contributed by atoms with E-state index >= 15 is 0 Å². The molecule has 2 atom stereocenters. The fraction of sp³-hybridized carbons (Fsp3) is 1.00. The average molecular weight is 345 g/mol. The highest BCUT2D eigenvalue weighted by atomic mass is 31.2. The van der Waals surface area contributed by atoms with E-state index in [1.807, 2.05) is 20.8 Å². The summed E-state index contributed by atoms with van der Waals surface area (Å²) in [6.07, 6.45) is 0.259. The molecular weight excluding hydrogens is 316 g/mol. The van der Waals surface area contributed by atoms with Gasteiger partial charge in [0.05, 0.1) is 5.66 Å². The fourth-order valence-electron chi connectivity index (χ4n) is 1.98. The van der Waals surface area contributed by atoms with Gasteiger partial charge in [-0.1, -0.05) is 6.92 Å². The van der Waals surface area contributed by atoms with Crippen molar-refractivity contribution in [3.63, 3.8) is 0 Å². The molecule has 0 aliphatic heterocycles.